The number of hydrogen-bond donors (Lipinski definition) is 1. The van der Waals surface area contributed by atoms with Gasteiger partial charge < -0.3 is 5.73 Å². The van der Waals surface area contributed by atoms with Gasteiger partial charge >= 0.3 is 0 Å². The van der Waals surface area contributed by atoms with Crippen molar-refractivity contribution in [3.63, 3.8) is 0 Å². The zero-order chi connectivity index (χ0) is 14.1. The Kier molecular flexibility index (Phi) is 4.08. The molecule has 106 valence electrons. The van der Waals surface area contributed by atoms with E-state index in [1.54, 1.807) is 0 Å². The van der Waals surface area contributed by atoms with Gasteiger partial charge in [-0.1, -0.05) is 38.0 Å². The Bertz CT molecular complexity index is 603. The van der Waals surface area contributed by atoms with E-state index in [0.717, 1.165) is 27.0 Å². The van der Waals surface area contributed by atoms with Gasteiger partial charge in [0.15, 0.2) is 0 Å². The molecule has 0 saturated heterocycles. The minimum Gasteiger partial charge on any atom is -0.322 e. The second-order valence-electron chi connectivity index (χ2n) is 6.09. The van der Waals surface area contributed by atoms with Gasteiger partial charge in [-0.05, 0) is 52.7 Å². The van der Waals surface area contributed by atoms with E-state index in [1.165, 1.54) is 25.7 Å². The van der Waals surface area contributed by atoms with Gasteiger partial charge in [0.25, 0.3) is 0 Å². The average Bonchev–Trinajstić information content (AvgIpc) is 2.46. The number of benzene rings is 1. The van der Waals surface area contributed by atoms with Crippen molar-refractivity contribution in [3.8, 4) is 0 Å². The minimum atomic E-state index is 0.0430. The van der Waals surface area contributed by atoms with Crippen LogP contribution in [0, 0.1) is 11.8 Å². The molecule has 3 heteroatoms. The van der Waals surface area contributed by atoms with E-state index in [4.69, 9.17) is 10.7 Å². The van der Waals surface area contributed by atoms with Crippen LogP contribution in [0.1, 0.15) is 44.3 Å². The van der Waals surface area contributed by atoms with Gasteiger partial charge in [-0.25, -0.2) is 4.98 Å². The Balaban J connectivity index is 1.90. The van der Waals surface area contributed by atoms with Crippen LogP contribution in [-0.2, 0) is 0 Å². The fourth-order valence-corrected chi connectivity index (χ4v) is 3.81. The molecule has 20 heavy (non-hydrogen) atoms. The summed E-state index contributed by atoms with van der Waals surface area (Å²) in [4.78, 5) is 4.80. The van der Waals surface area contributed by atoms with Gasteiger partial charge in [0, 0.05) is 9.86 Å². The van der Waals surface area contributed by atoms with Crippen LogP contribution in [0.25, 0.3) is 10.9 Å². The van der Waals surface area contributed by atoms with Crippen LogP contribution in [0.15, 0.2) is 34.8 Å². The number of rotatable bonds is 2. The summed E-state index contributed by atoms with van der Waals surface area (Å²) in [5, 5.41) is 1.16. The molecule has 2 N–H and O–H groups in total. The third kappa shape index (κ3) is 2.75. The number of nitrogens with zero attached hydrogens (tertiary/aromatic N) is 1. The summed E-state index contributed by atoms with van der Waals surface area (Å²) < 4.78 is 1.04. The van der Waals surface area contributed by atoms with Crippen molar-refractivity contribution in [2.24, 2.45) is 17.6 Å². The Morgan fingerprint density at radius 1 is 1.20 bits per heavy atom. The predicted molar refractivity (Wildman–Crippen MR) is 87.5 cm³/mol. The van der Waals surface area contributed by atoms with Crippen LogP contribution in [0.2, 0.25) is 0 Å². The molecule has 1 aliphatic rings. The molecule has 2 nitrogen and oxygen atoms in total. The van der Waals surface area contributed by atoms with Gasteiger partial charge in [0.1, 0.15) is 0 Å². The zero-order valence-electron chi connectivity index (χ0n) is 11.8. The molecule has 3 rings (SSSR count). The SMILES string of the molecule is CC1CCC(C(N)c2nc3ccccc3cc2Br)CC1. The fraction of sp³-hybridized carbons (Fsp3) is 0.471. The molecule has 2 aromatic rings. The first-order valence-corrected chi connectivity index (χ1v) is 8.25. The maximum atomic E-state index is 6.51. The molecule has 1 unspecified atom stereocenters. The number of hydrogen-bond acceptors (Lipinski definition) is 2. The normalized spacial score (nSPS) is 24.8. The topological polar surface area (TPSA) is 38.9 Å². The molecule has 1 heterocycles. The van der Waals surface area contributed by atoms with Crippen molar-refractivity contribution >= 4 is 26.8 Å². The molecule has 0 amide bonds. The van der Waals surface area contributed by atoms with E-state index >= 15 is 0 Å². The van der Waals surface area contributed by atoms with E-state index in [1.807, 2.05) is 12.1 Å². The van der Waals surface area contributed by atoms with Crippen molar-refractivity contribution in [1.82, 2.24) is 4.98 Å². The molecule has 1 atom stereocenters. The summed E-state index contributed by atoms with van der Waals surface area (Å²) in [6.45, 7) is 2.34. The van der Waals surface area contributed by atoms with Gasteiger partial charge in [0.2, 0.25) is 0 Å². The average molecular weight is 333 g/mol. The largest absolute Gasteiger partial charge is 0.322 e. The quantitative estimate of drug-likeness (QED) is 0.855. The van der Waals surface area contributed by atoms with Crippen molar-refractivity contribution in [2.75, 3.05) is 0 Å². The molecule has 0 radical (unpaired) electrons. The summed E-state index contributed by atoms with van der Waals surface area (Å²) in [6.07, 6.45) is 5.04. The fourth-order valence-electron chi connectivity index (χ4n) is 3.21. The summed E-state index contributed by atoms with van der Waals surface area (Å²) in [5.41, 5.74) is 8.56. The van der Waals surface area contributed by atoms with Crippen molar-refractivity contribution in [3.05, 3.63) is 40.5 Å². The summed E-state index contributed by atoms with van der Waals surface area (Å²) >= 11 is 3.65. The first-order valence-electron chi connectivity index (χ1n) is 7.46. The van der Waals surface area contributed by atoms with Gasteiger partial charge in [0.05, 0.1) is 17.3 Å². The molecule has 1 aliphatic carbocycles. The minimum absolute atomic E-state index is 0.0430. The summed E-state index contributed by atoms with van der Waals surface area (Å²) in [6, 6.07) is 10.4. The van der Waals surface area contributed by atoms with Gasteiger partial charge in [-0.15, -0.1) is 0 Å². The molecular weight excluding hydrogens is 312 g/mol. The lowest BCUT2D eigenvalue weighted by molar-refractivity contribution is 0.253. The Morgan fingerprint density at radius 3 is 2.65 bits per heavy atom. The van der Waals surface area contributed by atoms with E-state index < -0.39 is 0 Å². The highest BCUT2D eigenvalue weighted by Crippen LogP contribution is 2.37. The molecule has 0 aliphatic heterocycles. The maximum Gasteiger partial charge on any atom is 0.0723 e. The van der Waals surface area contributed by atoms with E-state index in [-0.39, 0.29) is 6.04 Å². The molecule has 1 saturated carbocycles. The van der Waals surface area contributed by atoms with E-state index in [2.05, 4.69) is 41.1 Å². The van der Waals surface area contributed by atoms with Gasteiger partial charge in [-0.2, -0.15) is 0 Å². The molecule has 0 spiro atoms. The lowest BCUT2D eigenvalue weighted by Crippen LogP contribution is -2.26. The number of fused-ring (bicyclic) bond motifs is 1. The highest BCUT2D eigenvalue weighted by Gasteiger charge is 2.26. The van der Waals surface area contributed by atoms with Crippen LogP contribution < -0.4 is 5.73 Å². The Labute approximate surface area is 128 Å². The van der Waals surface area contributed by atoms with Crippen molar-refractivity contribution < 1.29 is 0 Å². The van der Waals surface area contributed by atoms with Crippen LogP contribution in [0.5, 0.6) is 0 Å². The van der Waals surface area contributed by atoms with Crippen LogP contribution in [-0.4, -0.2) is 4.98 Å². The molecule has 0 bridgehead atoms. The van der Waals surface area contributed by atoms with Crippen molar-refractivity contribution in [1.29, 1.82) is 0 Å². The monoisotopic (exact) mass is 332 g/mol. The molecule has 1 aromatic heterocycles. The van der Waals surface area contributed by atoms with Crippen LogP contribution in [0.4, 0.5) is 0 Å². The van der Waals surface area contributed by atoms with Crippen molar-refractivity contribution in [2.45, 2.75) is 38.6 Å². The number of nitrogens with two attached hydrogens (primary N) is 1. The number of aromatic nitrogens is 1. The molecular formula is C17H21BrN2. The first-order chi connectivity index (χ1) is 9.65. The second kappa shape index (κ2) is 5.82. The molecule has 1 aromatic carbocycles. The summed E-state index contributed by atoms with van der Waals surface area (Å²) in [7, 11) is 0. The highest BCUT2D eigenvalue weighted by atomic mass is 79.9. The summed E-state index contributed by atoms with van der Waals surface area (Å²) in [5.74, 6) is 1.42. The third-order valence-corrected chi connectivity index (χ3v) is 5.22. The lowest BCUT2D eigenvalue weighted by Gasteiger charge is -2.30. The Hall–Kier alpha value is -0.930. The lowest BCUT2D eigenvalue weighted by atomic mass is 9.78. The smallest absolute Gasteiger partial charge is 0.0723 e. The Morgan fingerprint density at radius 2 is 1.90 bits per heavy atom. The molecule has 1 fully saturated rings. The highest BCUT2D eigenvalue weighted by molar-refractivity contribution is 9.10. The maximum absolute atomic E-state index is 6.51. The third-order valence-electron chi connectivity index (χ3n) is 4.59. The van der Waals surface area contributed by atoms with Crippen LogP contribution in [0.3, 0.4) is 0 Å². The first kappa shape index (κ1) is 14.0. The number of pyridine rings is 1. The van der Waals surface area contributed by atoms with Gasteiger partial charge in [-0.3, -0.25) is 0 Å². The van der Waals surface area contributed by atoms with E-state index in [9.17, 15) is 0 Å². The van der Waals surface area contributed by atoms with Crippen LogP contribution >= 0.6 is 15.9 Å². The second-order valence-corrected chi connectivity index (χ2v) is 6.95. The standard InChI is InChI=1S/C17H21BrN2/c1-11-6-8-12(9-7-11)16(19)17-14(18)10-13-4-2-3-5-15(13)20-17/h2-5,10-12,16H,6-9,19H2,1H3. The predicted octanol–water partition coefficient (Wildman–Crippen LogP) is 4.82. The number of para-hydroxylation sites is 1. The zero-order valence-corrected chi connectivity index (χ0v) is 13.4. The van der Waals surface area contributed by atoms with E-state index in [0.29, 0.717) is 5.92 Å². The number of halogens is 1.